The lowest BCUT2D eigenvalue weighted by molar-refractivity contribution is -0.124. The second kappa shape index (κ2) is 6.55. The van der Waals surface area contributed by atoms with E-state index in [0.29, 0.717) is 11.3 Å². The van der Waals surface area contributed by atoms with Gasteiger partial charge >= 0.3 is 5.97 Å². The molecule has 1 N–H and O–H groups in total. The first kappa shape index (κ1) is 16.2. The van der Waals surface area contributed by atoms with Gasteiger partial charge in [0.1, 0.15) is 0 Å². The Kier molecular flexibility index (Phi) is 5.31. The molecule has 0 aliphatic rings. The molecular weight excluding hydrogens is 254 g/mol. The maximum absolute atomic E-state index is 12.0. The first-order chi connectivity index (χ1) is 9.26. The molecule has 0 aliphatic heterocycles. The summed E-state index contributed by atoms with van der Waals surface area (Å²) < 4.78 is 5.10. The second-order valence-electron chi connectivity index (χ2n) is 5.72. The molecule has 110 valence electrons. The summed E-state index contributed by atoms with van der Waals surface area (Å²) in [6.45, 7) is 9.39. The Morgan fingerprint density at radius 1 is 1.20 bits per heavy atom. The summed E-state index contributed by atoms with van der Waals surface area (Å²) in [6.07, 6.45) is 0.615. The van der Waals surface area contributed by atoms with Crippen molar-refractivity contribution in [2.45, 2.75) is 47.1 Å². The fourth-order valence-corrected chi connectivity index (χ4v) is 1.43. The lowest BCUT2D eigenvalue weighted by Gasteiger charge is -2.21. The van der Waals surface area contributed by atoms with E-state index in [4.69, 9.17) is 4.74 Å². The number of benzene rings is 1. The highest BCUT2D eigenvalue weighted by Gasteiger charge is 2.25. The molecule has 0 aliphatic carbocycles. The lowest BCUT2D eigenvalue weighted by atomic mass is 9.89. The smallest absolute Gasteiger partial charge is 0.338 e. The van der Waals surface area contributed by atoms with Crippen LogP contribution in [-0.2, 0) is 9.53 Å². The molecule has 0 fully saturated rings. The Balaban J connectivity index is 2.73. The maximum atomic E-state index is 12.0. The van der Waals surface area contributed by atoms with E-state index in [1.165, 1.54) is 0 Å². The second-order valence-corrected chi connectivity index (χ2v) is 5.72. The van der Waals surface area contributed by atoms with Gasteiger partial charge in [0.05, 0.1) is 11.7 Å². The van der Waals surface area contributed by atoms with Crippen LogP contribution in [0.15, 0.2) is 24.3 Å². The highest BCUT2D eigenvalue weighted by molar-refractivity contribution is 5.95. The van der Waals surface area contributed by atoms with Gasteiger partial charge in [-0.3, -0.25) is 4.79 Å². The third kappa shape index (κ3) is 4.37. The molecule has 0 bridgehead atoms. The standard InChI is InChI=1S/C16H23NO3/c1-6-16(4,5)15(19)17-13-9-7-12(8-10-13)14(18)20-11(2)3/h7-11H,6H2,1-5H3,(H,17,19). The van der Waals surface area contributed by atoms with Gasteiger partial charge in [-0.05, 0) is 44.5 Å². The Morgan fingerprint density at radius 3 is 2.20 bits per heavy atom. The summed E-state index contributed by atoms with van der Waals surface area (Å²) in [5, 5.41) is 2.85. The minimum atomic E-state index is -0.407. The van der Waals surface area contributed by atoms with Gasteiger partial charge in [-0.25, -0.2) is 4.79 Å². The van der Waals surface area contributed by atoms with E-state index in [2.05, 4.69) is 5.32 Å². The summed E-state index contributed by atoms with van der Waals surface area (Å²) in [4.78, 5) is 23.7. The molecule has 0 heterocycles. The van der Waals surface area contributed by atoms with E-state index in [1.54, 1.807) is 38.1 Å². The average Bonchev–Trinajstić information content (AvgIpc) is 2.38. The summed E-state index contributed by atoms with van der Waals surface area (Å²) in [7, 11) is 0. The number of anilines is 1. The highest BCUT2D eigenvalue weighted by atomic mass is 16.5. The zero-order chi connectivity index (χ0) is 15.3. The van der Waals surface area contributed by atoms with Crippen LogP contribution in [0.5, 0.6) is 0 Å². The van der Waals surface area contributed by atoms with Crippen molar-refractivity contribution in [1.29, 1.82) is 0 Å². The van der Waals surface area contributed by atoms with Gasteiger partial charge in [-0.15, -0.1) is 0 Å². The van der Waals surface area contributed by atoms with Crippen molar-refractivity contribution in [2.24, 2.45) is 5.41 Å². The third-order valence-electron chi connectivity index (χ3n) is 3.22. The van der Waals surface area contributed by atoms with E-state index >= 15 is 0 Å². The molecule has 4 heteroatoms. The van der Waals surface area contributed by atoms with Crippen molar-refractivity contribution < 1.29 is 14.3 Å². The number of carbonyl (C=O) groups is 2. The van der Waals surface area contributed by atoms with Crippen LogP contribution < -0.4 is 5.32 Å². The van der Waals surface area contributed by atoms with E-state index in [1.807, 2.05) is 20.8 Å². The predicted octanol–water partition coefficient (Wildman–Crippen LogP) is 3.63. The molecule has 1 amide bonds. The zero-order valence-corrected chi connectivity index (χ0v) is 12.8. The Bertz CT molecular complexity index is 475. The van der Waals surface area contributed by atoms with E-state index in [9.17, 15) is 9.59 Å². The largest absolute Gasteiger partial charge is 0.459 e. The molecule has 0 spiro atoms. The molecule has 0 atom stereocenters. The van der Waals surface area contributed by atoms with Gasteiger partial charge in [0.15, 0.2) is 0 Å². The highest BCUT2D eigenvalue weighted by Crippen LogP contribution is 2.22. The number of hydrogen-bond acceptors (Lipinski definition) is 3. The number of ether oxygens (including phenoxy) is 1. The molecule has 1 aromatic rings. The Morgan fingerprint density at radius 2 is 1.75 bits per heavy atom. The molecule has 1 rings (SSSR count). The molecule has 0 saturated carbocycles. The third-order valence-corrected chi connectivity index (χ3v) is 3.22. The number of amides is 1. The van der Waals surface area contributed by atoms with Crippen molar-refractivity contribution in [1.82, 2.24) is 0 Å². The van der Waals surface area contributed by atoms with Crippen molar-refractivity contribution in [3.8, 4) is 0 Å². The van der Waals surface area contributed by atoms with Crippen LogP contribution in [0.3, 0.4) is 0 Å². The van der Waals surface area contributed by atoms with Crippen LogP contribution in [0.2, 0.25) is 0 Å². The SMILES string of the molecule is CCC(C)(C)C(=O)Nc1ccc(C(=O)OC(C)C)cc1. The monoisotopic (exact) mass is 277 g/mol. The maximum Gasteiger partial charge on any atom is 0.338 e. The summed E-state index contributed by atoms with van der Waals surface area (Å²) in [5.41, 5.74) is 0.749. The Hall–Kier alpha value is -1.84. The van der Waals surface area contributed by atoms with Gasteiger partial charge in [0, 0.05) is 11.1 Å². The summed E-state index contributed by atoms with van der Waals surface area (Å²) in [5.74, 6) is -0.385. The van der Waals surface area contributed by atoms with Crippen molar-refractivity contribution in [3.05, 3.63) is 29.8 Å². The zero-order valence-electron chi connectivity index (χ0n) is 12.8. The molecule has 1 aromatic carbocycles. The predicted molar refractivity (Wildman–Crippen MR) is 79.7 cm³/mol. The normalized spacial score (nSPS) is 11.3. The summed E-state index contributed by atoms with van der Waals surface area (Å²) in [6, 6.07) is 6.72. The summed E-state index contributed by atoms with van der Waals surface area (Å²) >= 11 is 0. The van der Waals surface area contributed by atoms with Crippen LogP contribution in [0.1, 0.15) is 51.4 Å². The topological polar surface area (TPSA) is 55.4 Å². The number of nitrogens with one attached hydrogen (secondary N) is 1. The first-order valence-electron chi connectivity index (χ1n) is 6.88. The fraction of sp³-hybridized carbons (Fsp3) is 0.500. The van der Waals surface area contributed by atoms with Crippen LogP contribution in [0.25, 0.3) is 0 Å². The quantitative estimate of drug-likeness (QED) is 0.836. The first-order valence-corrected chi connectivity index (χ1v) is 6.88. The average molecular weight is 277 g/mol. The van der Waals surface area contributed by atoms with Crippen LogP contribution >= 0.6 is 0 Å². The van der Waals surface area contributed by atoms with Gasteiger partial charge in [0.2, 0.25) is 5.91 Å². The van der Waals surface area contributed by atoms with Gasteiger partial charge in [-0.2, -0.15) is 0 Å². The number of rotatable bonds is 5. The van der Waals surface area contributed by atoms with Crippen molar-refractivity contribution in [3.63, 3.8) is 0 Å². The molecule has 4 nitrogen and oxygen atoms in total. The molecule has 20 heavy (non-hydrogen) atoms. The number of hydrogen-bond donors (Lipinski definition) is 1. The molecule has 0 saturated heterocycles. The van der Waals surface area contributed by atoms with Gasteiger partial charge in [0.25, 0.3) is 0 Å². The molecule has 0 unspecified atom stereocenters. The van der Waals surface area contributed by atoms with Gasteiger partial charge in [-0.1, -0.05) is 20.8 Å². The fourth-order valence-electron chi connectivity index (χ4n) is 1.43. The number of carbonyl (C=O) groups excluding carboxylic acids is 2. The minimum absolute atomic E-state index is 0.0301. The number of esters is 1. The Labute approximate surface area is 120 Å². The van der Waals surface area contributed by atoms with Crippen LogP contribution in [0.4, 0.5) is 5.69 Å². The van der Waals surface area contributed by atoms with Crippen molar-refractivity contribution in [2.75, 3.05) is 5.32 Å². The van der Waals surface area contributed by atoms with E-state index in [0.717, 1.165) is 6.42 Å². The van der Waals surface area contributed by atoms with E-state index < -0.39 is 5.41 Å². The molecular formula is C16H23NO3. The van der Waals surface area contributed by atoms with Crippen LogP contribution in [0, 0.1) is 5.41 Å². The lowest BCUT2D eigenvalue weighted by Crippen LogP contribution is -2.29. The van der Waals surface area contributed by atoms with Crippen LogP contribution in [-0.4, -0.2) is 18.0 Å². The van der Waals surface area contributed by atoms with Crippen molar-refractivity contribution >= 4 is 17.6 Å². The minimum Gasteiger partial charge on any atom is -0.459 e. The van der Waals surface area contributed by atoms with E-state index in [-0.39, 0.29) is 18.0 Å². The molecule has 0 aromatic heterocycles. The van der Waals surface area contributed by atoms with Gasteiger partial charge < -0.3 is 10.1 Å². The molecule has 0 radical (unpaired) electrons.